The molecule has 1 aromatic heterocycles. The van der Waals surface area contributed by atoms with Gasteiger partial charge in [0, 0.05) is 12.1 Å². The van der Waals surface area contributed by atoms with Crippen LogP contribution in [0.2, 0.25) is 0 Å². The Kier molecular flexibility index (Phi) is 5.29. The lowest BCUT2D eigenvalue weighted by atomic mass is 10.1. The number of para-hydroxylation sites is 2. The van der Waals surface area contributed by atoms with E-state index >= 15 is 0 Å². The number of nitrogens with one attached hydrogen (secondary N) is 1. The third-order valence-electron chi connectivity index (χ3n) is 4.93. The average Bonchev–Trinajstić information content (AvgIpc) is 3.11. The summed E-state index contributed by atoms with van der Waals surface area (Å²) in [6.45, 7) is 3.12. The molecule has 0 radical (unpaired) electrons. The average molecular weight is 385 g/mol. The molecule has 0 aliphatic carbocycles. The van der Waals surface area contributed by atoms with Crippen molar-refractivity contribution in [2.75, 3.05) is 7.11 Å². The van der Waals surface area contributed by atoms with Gasteiger partial charge in [-0.1, -0.05) is 48.0 Å². The van der Waals surface area contributed by atoms with E-state index in [1.54, 1.807) is 25.3 Å². The first kappa shape index (κ1) is 18.7. The molecule has 0 saturated heterocycles. The van der Waals surface area contributed by atoms with Crippen LogP contribution < -0.4 is 10.1 Å². The summed E-state index contributed by atoms with van der Waals surface area (Å²) >= 11 is 0. The maximum Gasteiger partial charge on any atom is 0.251 e. The lowest BCUT2D eigenvalue weighted by molar-refractivity contribution is 0.0949. The van der Waals surface area contributed by atoms with Crippen LogP contribution in [0.15, 0.2) is 72.8 Å². The Labute approximate surface area is 170 Å². The summed E-state index contributed by atoms with van der Waals surface area (Å²) < 4.78 is 7.36. The predicted molar refractivity (Wildman–Crippen MR) is 114 cm³/mol. The smallest absolute Gasteiger partial charge is 0.251 e. The molecule has 3 aromatic carbocycles. The van der Waals surface area contributed by atoms with Crippen molar-refractivity contribution < 1.29 is 9.53 Å². The minimum absolute atomic E-state index is 0.155. The van der Waals surface area contributed by atoms with Gasteiger partial charge in [0.15, 0.2) is 0 Å². The molecule has 29 heavy (non-hydrogen) atoms. The molecule has 0 aliphatic rings. The van der Waals surface area contributed by atoms with E-state index in [-0.39, 0.29) is 5.91 Å². The molecule has 1 N–H and O–H groups in total. The number of amides is 1. The first-order valence-corrected chi connectivity index (χ1v) is 9.56. The van der Waals surface area contributed by atoms with Crippen LogP contribution in [0.4, 0.5) is 0 Å². The monoisotopic (exact) mass is 385 g/mol. The van der Waals surface area contributed by atoms with Gasteiger partial charge in [0.2, 0.25) is 0 Å². The normalized spacial score (nSPS) is 10.8. The number of ether oxygens (including phenoxy) is 1. The van der Waals surface area contributed by atoms with Crippen LogP contribution in [0.1, 0.15) is 27.3 Å². The van der Waals surface area contributed by atoms with E-state index < -0.39 is 0 Å². The van der Waals surface area contributed by atoms with Gasteiger partial charge >= 0.3 is 0 Å². The van der Waals surface area contributed by atoms with Crippen LogP contribution >= 0.6 is 0 Å². The van der Waals surface area contributed by atoms with Gasteiger partial charge in [0.1, 0.15) is 11.6 Å². The second-order valence-corrected chi connectivity index (χ2v) is 7.00. The van der Waals surface area contributed by atoms with Gasteiger partial charge in [-0.15, -0.1) is 0 Å². The topological polar surface area (TPSA) is 56.1 Å². The Balaban J connectivity index is 1.59. The fourth-order valence-corrected chi connectivity index (χ4v) is 3.34. The van der Waals surface area contributed by atoms with Crippen molar-refractivity contribution in [3.05, 3.63) is 95.3 Å². The molecule has 1 heterocycles. The Bertz CT molecular complexity index is 1150. The Morgan fingerprint density at radius 2 is 1.83 bits per heavy atom. The molecule has 146 valence electrons. The van der Waals surface area contributed by atoms with Crippen molar-refractivity contribution in [3.8, 4) is 5.75 Å². The van der Waals surface area contributed by atoms with Gasteiger partial charge < -0.3 is 14.6 Å². The Morgan fingerprint density at radius 3 is 2.62 bits per heavy atom. The van der Waals surface area contributed by atoms with Gasteiger partial charge in [-0.05, 0) is 42.8 Å². The zero-order chi connectivity index (χ0) is 20.2. The van der Waals surface area contributed by atoms with Crippen molar-refractivity contribution >= 4 is 16.9 Å². The summed E-state index contributed by atoms with van der Waals surface area (Å²) in [5, 5.41) is 2.98. The number of benzene rings is 3. The van der Waals surface area contributed by atoms with E-state index in [4.69, 9.17) is 9.72 Å². The molecular weight excluding hydrogens is 362 g/mol. The lowest BCUT2D eigenvalue weighted by Crippen LogP contribution is -2.25. The second kappa shape index (κ2) is 8.19. The number of aromatic nitrogens is 2. The minimum Gasteiger partial charge on any atom is -0.497 e. The highest BCUT2D eigenvalue weighted by Gasteiger charge is 2.13. The highest BCUT2D eigenvalue weighted by molar-refractivity contribution is 5.94. The molecule has 0 aliphatic heterocycles. The van der Waals surface area contributed by atoms with Crippen LogP contribution in [0.25, 0.3) is 11.0 Å². The summed E-state index contributed by atoms with van der Waals surface area (Å²) in [6, 6.07) is 23.6. The van der Waals surface area contributed by atoms with Crippen molar-refractivity contribution in [2.45, 2.75) is 20.0 Å². The number of hydrogen-bond acceptors (Lipinski definition) is 3. The van der Waals surface area contributed by atoms with Gasteiger partial charge in [-0.25, -0.2) is 4.98 Å². The van der Waals surface area contributed by atoms with Crippen molar-refractivity contribution in [2.24, 2.45) is 0 Å². The van der Waals surface area contributed by atoms with E-state index in [0.29, 0.717) is 24.4 Å². The maximum absolute atomic E-state index is 12.6. The number of carbonyl (C=O) groups is 1. The number of rotatable bonds is 6. The lowest BCUT2D eigenvalue weighted by Gasteiger charge is -2.11. The number of fused-ring (bicyclic) bond motifs is 1. The summed E-state index contributed by atoms with van der Waals surface area (Å²) in [5.74, 6) is 1.32. The number of nitrogens with zero attached hydrogens (tertiary/aromatic N) is 2. The van der Waals surface area contributed by atoms with Crippen molar-refractivity contribution in [1.82, 2.24) is 14.9 Å². The third-order valence-corrected chi connectivity index (χ3v) is 4.93. The molecule has 0 spiro atoms. The molecule has 5 nitrogen and oxygen atoms in total. The molecule has 0 atom stereocenters. The molecule has 1 amide bonds. The van der Waals surface area contributed by atoms with Crippen LogP contribution in [-0.4, -0.2) is 22.6 Å². The summed E-state index contributed by atoms with van der Waals surface area (Å²) in [7, 11) is 1.59. The highest BCUT2D eigenvalue weighted by atomic mass is 16.5. The van der Waals surface area contributed by atoms with Gasteiger partial charge in [0.25, 0.3) is 5.91 Å². The molecular formula is C24H23N3O2. The minimum atomic E-state index is -0.155. The zero-order valence-electron chi connectivity index (χ0n) is 16.6. The zero-order valence-corrected chi connectivity index (χ0v) is 16.6. The number of carbonyl (C=O) groups excluding carboxylic acids is 1. The third kappa shape index (κ3) is 4.14. The molecule has 0 bridgehead atoms. The molecule has 0 fully saturated rings. The van der Waals surface area contributed by atoms with Crippen LogP contribution in [0, 0.1) is 6.92 Å². The van der Waals surface area contributed by atoms with Gasteiger partial charge in [-0.2, -0.15) is 0 Å². The Morgan fingerprint density at radius 1 is 1.03 bits per heavy atom. The van der Waals surface area contributed by atoms with Crippen molar-refractivity contribution in [3.63, 3.8) is 0 Å². The standard InChI is InChI=1S/C24H23N3O2/c1-17-10-12-18(13-11-17)16-27-22-9-4-3-8-21(22)26-23(27)15-25-24(28)19-6-5-7-20(14-19)29-2/h3-14H,15-16H2,1-2H3,(H,25,28). The molecule has 0 unspecified atom stereocenters. The Hall–Kier alpha value is -3.60. The number of imidazole rings is 1. The van der Waals surface area contributed by atoms with Crippen molar-refractivity contribution in [1.29, 1.82) is 0 Å². The van der Waals surface area contributed by atoms with E-state index in [1.165, 1.54) is 11.1 Å². The fourth-order valence-electron chi connectivity index (χ4n) is 3.34. The largest absolute Gasteiger partial charge is 0.497 e. The van der Waals surface area contributed by atoms with Crippen LogP contribution in [0.5, 0.6) is 5.75 Å². The second-order valence-electron chi connectivity index (χ2n) is 7.00. The summed E-state index contributed by atoms with van der Waals surface area (Å²) in [5.41, 5.74) is 4.96. The van der Waals surface area contributed by atoms with E-state index in [2.05, 4.69) is 47.1 Å². The fraction of sp³-hybridized carbons (Fsp3) is 0.167. The molecule has 5 heteroatoms. The molecule has 4 rings (SSSR count). The van der Waals surface area contributed by atoms with Crippen LogP contribution in [0.3, 0.4) is 0 Å². The van der Waals surface area contributed by atoms with Gasteiger partial charge in [-0.3, -0.25) is 4.79 Å². The molecule has 0 saturated carbocycles. The quantitative estimate of drug-likeness (QED) is 0.537. The van der Waals surface area contributed by atoms with E-state index in [9.17, 15) is 4.79 Å². The van der Waals surface area contributed by atoms with E-state index in [0.717, 1.165) is 16.9 Å². The summed E-state index contributed by atoms with van der Waals surface area (Å²) in [4.78, 5) is 17.4. The van der Waals surface area contributed by atoms with E-state index in [1.807, 2.05) is 24.3 Å². The first-order valence-electron chi connectivity index (χ1n) is 9.56. The highest BCUT2D eigenvalue weighted by Crippen LogP contribution is 2.19. The number of hydrogen-bond donors (Lipinski definition) is 1. The maximum atomic E-state index is 12.6. The number of aryl methyl sites for hydroxylation is 1. The predicted octanol–water partition coefficient (Wildman–Crippen LogP) is 4.33. The SMILES string of the molecule is COc1cccc(C(=O)NCc2nc3ccccc3n2Cc2ccc(C)cc2)c1. The summed E-state index contributed by atoms with van der Waals surface area (Å²) in [6.07, 6.45) is 0. The number of methoxy groups -OCH3 is 1. The first-order chi connectivity index (χ1) is 14.1. The molecule has 4 aromatic rings. The van der Waals surface area contributed by atoms with Gasteiger partial charge in [0.05, 0.1) is 24.7 Å². The van der Waals surface area contributed by atoms with Crippen LogP contribution in [-0.2, 0) is 13.1 Å².